The maximum absolute atomic E-state index is 5.93. The summed E-state index contributed by atoms with van der Waals surface area (Å²) in [6.45, 7) is 3.20. The third kappa shape index (κ3) is 4.42. The zero-order valence-corrected chi connectivity index (χ0v) is 15.7. The molecule has 118 valence electrons. The molecule has 0 radical (unpaired) electrons. The van der Waals surface area contributed by atoms with Crippen LogP contribution in [0, 0.1) is 6.92 Å². The van der Waals surface area contributed by atoms with Gasteiger partial charge in [0.05, 0.1) is 23.8 Å². The van der Waals surface area contributed by atoms with Crippen molar-refractivity contribution in [1.82, 2.24) is 4.98 Å². The van der Waals surface area contributed by atoms with Gasteiger partial charge >= 0.3 is 0 Å². The van der Waals surface area contributed by atoms with E-state index in [-0.39, 0.29) is 0 Å². The second-order valence-electron chi connectivity index (χ2n) is 5.15. The van der Waals surface area contributed by atoms with Crippen molar-refractivity contribution in [2.75, 3.05) is 0 Å². The van der Waals surface area contributed by atoms with Gasteiger partial charge in [-0.05, 0) is 36.8 Å². The molecule has 23 heavy (non-hydrogen) atoms. The molecule has 3 aromatic rings. The highest BCUT2D eigenvalue weighted by molar-refractivity contribution is 9.10. The first-order chi connectivity index (χ1) is 11.1. The molecule has 0 bridgehead atoms. The van der Waals surface area contributed by atoms with Crippen LogP contribution in [0.3, 0.4) is 0 Å². The number of halogens is 2. The van der Waals surface area contributed by atoms with E-state index in [1.165, 1.54) is 0 Å². The fourth-order valence-corrected chi connectivity index (χ4v) is 3.52. The molecular weight excluding hydrogens is 394 g/mol. The van der Waals surface area contributed by atoms with Crippen molar-refractivity contribution in [3.63, 3.8) is 0 Å². The van der Waals surface area contributed by atoms with E-state index in [4.69, 9.17) is 16.3 Å². The standard InChI is InChI=1S/C18H15BrClNOS/c1-12-17(11-22-10-13-2-6-15(19)7-3-13)23-18(21-12)14-4-8-16(20)9-5-14/h2-9H,10-11H2,1H3. The SMILES string of the molecule is Cc1nc(-c2ccc(Cl)cc2)sc1COCc1ccc(Br)cc1. The molecular formula is C18H15BrClNOS. The van der Waals surface area contributed by atoms with Crippen LogP contribution in [0.1, 0.15) is 16.1 Å². The molecule has 0 amide bonds. The van der Waals surface area contributed by atoms with E-state index in [1.54, 1.807) is 11.3 Å². The van der Waals surface area contributed by atoms with Gasteiger partial charge in [-0.1, -0.05) is 51.8 Å². The van der Waals surface area contributed by atoms with Crippen LogP contribution < -0.4 is 0 Å². The number of ether oxygens (including phenoxy) is 1. The molecule has 1 aromatic heterocycles. The second kappa shape index (κ2) is 7.58. The molecule has 2 nitrogen and oxygen atoms in total. The quantitative estimate of drug-likeness (QED) is 0.497. The van der Waals surface area contributed by atoms with Crippen molar-refractivity contribution < 1.29 is 4.74 Å². The first-order valence-electron chi connectivity index (χ1n) is 7.16. The Morgan fingerprint density at radius 3 is 2.43 bits per heavy atom. The average Bonchev–Trinajstić information content (AvgIpc) is 2.91. The fraction of sp³-hybridized carbons (Fsp3) is 0.167. The lowest BCUT2D eigenvalue weighted by Gasteiger charge is -2.03. The van der Waals surface area contributed by atoms with Crippen LogP contribution in [0.4, 0.5) is 0 Å². The van der Waals surface area contributed by atoms with Crippen molar-refractivity contribution in [1.29, 1.82) is 0 Å². The van der Waals surface area contributed by atoms with Gasteiger partial charge in [-0.15, -0.1) is 11.3 Å². The van der Waals surface area contributed by atoms with E-state index in [2.05, 4.69) is 33.0 Å². The van der Waals surface area contributed by atoms with E-state index in [0.29, 0.717) is 13.2 Å². The summed E-state index contributed by atoms with van der Waals surface area (Å²) >= 11 is 11.0. The molecule has 0 saturated heterocycles. The van der Waals surface area contributed by atoms with Crippen molar-refractivity contribution in [3.8, 4) is 10.6 Å². The van der Waals surface area contributed by atoms with Gasteiger partial charge in [0, 0.05) is 15.1 Å². The summed E-state index contributed by atoms with van der Waals surface area (Å²) in [5, 5.41) is 1.74. The van der Waals surface area contributed by atoms with Crippen molar-refractivity contribution in [2.45, 2.75) is 20.1 Å². The third-order valence-corrected chi connectivity index (χ3v) is 5.36. The Balaban J connectivity index is 1.64. The predicted octanol–water partition coefficient (Wildman–Crippen LogP) is 6.25. The van der Waals surface area contributed by atoms with Crippen LogP contribution in [0.25, 0.3) is 10.6 Å². The maximum atomic E-state index is 5.93. The van der Waals surface area contributed by atoms with E-state index in [0.717, 1.165) is 36.2 Å². The van der Waals surface area contributed by atoms with Crippen LogP contribution in [0.2, 0.25) is 5.02 Å². The van der Waals surface area contributed by atoms with Crippen molar-refractivity contribution in [2.24, 2.45) is 0 Å². The summed E-state index contributed by atoms with van der Waals surface area (Å²) in [6.07, 6.45) is 0. The normalized spacial score (nSPS) is 10.9. The van der Waals surface area contributed by atoms with Gasteiger partial charge in [-0.2, -0.15) is 0 Å². The summed E-state index contributed by atoms with van der Waals surface area (Å²) in [5.74, 6) is 0. The molecule has 0 N–H and O–H groups in total. The van der Waals surface area contributed by atoms with Gasteiger partial charge in [0.25, 0.3) is 0 Å². The van der Waals surface area contributed by atoms with Crippen LogP contribution in [0.5, 0.6) is 0 Å². The number of thiazole rings is 1. The molecule has 1 heterocycles. The van der Waals surface area contributed by atoms with E-state index < -0.39 is 0 Å². The zero-order valence-electron chi connectivity index (χ0n) is 12.6. The molecule has 0 aliphatic rings. The first-order valence-corrected chi connectivity index (χ1v) is 9.15. The highest BCUT2D eigenvalue weighted by atomic mass is 79.9. The van der Waals surface area contributed by atoms with Gasteiger partial charge in [-0.25, -0.2) is 4.98 Å². The molecule has 3 rings (SSSR count). The van der Waals surface area contributed by atoms with Gasteiger partial charge in [0.15, 0.2) is 0 Å². The summed E-state index contributed by atoms with van der Waals surface area (Å²) < 4.78 is 6.90. The Kier molecular flexibility index (Phi) is 5.49. The number of aromatic nitrogens is 1. The van der Waals surface area contributed by atoms with Crippen molar-refractivity contribution in [3.05, 3.63) is 74.2 Å². The average molecular weight is 409 g/mol. The minimum atomic E-state index is 0.577. The predicted molar refractivity (Wildman–Crippen MR) is 99.9 cm³/mol. The summed E-state index contributed by atoms with van der Waals surface area (Å²) in [6, 6.07) is 15.9. The van der Waals surface area contributed by atoms with Crippen LogP contribution in [-0.4, -0.2) is 4.98 Å². The van der Waals surface area contributed by atoms with Gasteiger partial charge in [-0.3, -0.25) is 0 Å². The highest BCUT2D eigenvalue weighted by Gasteiger charge is 2.09. The summed E-state index contributed by atoms with van der Waals surface area (Å²) in [7, 11) is 0. The molecule has 0 unspecified atom stereocenters. The minimum Gasteiger partial charge on any atom is -0.371 e. The number of hydrogen-bond acceptors (Lipinski definition) is 3. The Morgan fingerprint density at radius 1 is 1.04 bits per heavy atom. The number of nitrogens with zero attached hydrogens (tertiary/aromatic N) is 1. The van der Waals surface area contributed by atoms with Crippen LogP contribution in [0.15, 0.2) is 53.0 Å². The number of aryl methyl sites for hydroxylation is 1. The van der Waals surface area contributed by atoms with Gasteiger partial charge < -0.3 is 4.74 Å². The molecule has 0 fully saturated rings. The Bertz CT molecular complexity index is 784. The Morgan fingerprint density at radius 2 is 1.74 bits per heavy atom. The van der Waals surface area contributed by atoms with Crippen molar-refractivity contribution >= 4 is 38.9 Å². The molecule has 0 saturated carbocycles. The third-order valence-electron chi connectivity index (χ3n) is 3.40. The highest BCUT2D eigenvalue weighted by Crippen LogP contribution is 2.29. The molecule has 0 aliphatic heterocycles. The largest absolute Gasteiger partial charge is 0.371 e. The van der Waals surface area contributed by atoms with Gasteiger partial charge in [0.2, 0.25) is 0 Å². The smallest absolute Gasteiger partial charge is 0.123 e. The number of hydrogen-bond donors (Lipinski definition) is 0. The maximum Gasteiger partial charge on any atom is 0.123 e. The number of rotatable bonds is 5. The Hall–Kier alpha value is -1.20. The number of benzene rings is 2. The van der Waals surface area contributed by atoms with E-state index >= 15 is 0 Å². The van der Waals surface area contributed by atoms with E-state index in [9.17, 15) is 0 Å². The molecule has 2 aromatic carbocycles. The monoisotopic (exact) mass is 407 g/mol. The van der Waals surface area contributed by atoms with Crippen LogP contribution >= 0.6 is 38.9 Å². The molecule has 0 atom stereocenters. The lowest BCUT2D eigenvalue weighted by molar-refractivity contribution is 0.109. The molecule has 5 heteroatoms. The zero-order chi connectivity index (χ0) is 16.2. The van der Waals surface area contributed by atoms with E-state index in [1.807, 2.05) is 43.3 Å². The summed E-state index contributed by atoms with van der Waals surface area (Å²) in [4.78, 5) is 5.80. The molecule has 0 spiro atoms. The van der Waals surface area contributed by atoms with Gasteiger partial charge in [0.1, 0.15) is 5.01 Å². The lowest BCUT2D eigenvalue weighted by Crippen LogP contribution is -1.93. The Labute approximate surface area is 153 Å². The van der Waals surface area contributed by atoms with Crippen LogP contribution in [-0.2, 0) is 18.0 Å². The first kappa shape index (κ1) is 16.7. The summed E-state index contributed by atoms with van der Waals surface area (Å²) in [5.41, 5.74) is 3.27. The molecule has 0 aliphatic carbocycles. The second-order valence-corrected chi connectivity index (χ2v) is 7.59. The lowest BCUT2D eigenvalue weighted by atomic mass is 10.2. The fourth-order valence-electron chi connectivity index (χ4n) is 2.12. The minimum absolute atomic E-state index is 0.577. The topological polar surface area (TPSA) is 22.1 Å².